The number of hydrogen-bond acceptors (Lipinski definition) is 5. The highest BCUT2D eigenvalue weighted by Crippen LogP contribution is 2.28. The van der Waals surface area contributed by atoms with E-state index in [4.69, 9.17) is 16.3 Å². The third kappa shape index (κ3) is 4.12. The van der Waals surface area contributed by atoms with Crippen LogP contribution in [-0.4, -0.2) is 58.6 Å². The van der Waals surface area contributed by atoms with Crippen LogP contribution < -0.4 is 15.3 Å². The van der Waals surface area contributed by atoms with Gasteiger partial charge in [0.2, 0.25) is 0 Å². The Morgan fingerprint density at radius 1 is 1.06 bits per heavy atom. The zero-order chi connectivity index (χ0) is 23.7. The minimum Gasteiger partial charge on any atom is -0.497 e. The number of anilines is 1. The Kier molecular flexibility index (Phi) is 5.98. The van der Waals surface area contributed by atoms with E-state index in [9.17, 15) is 9.59 Å². The third-order valence-electron chi connectivity index (χ3n) is 6.20. The second-order valence-electron chi connectivity index (χ2n) is 8.16. The molecule has 8 nitrogen and oxygen atoms in total. The number of nitrogens with zero attached hydrogens (tertiary/aromatic N) is 4. The van der Waals surface area contributed by atoms with Gasteiger partial charge in [0, 0.05) is 49.3 Å². The average Bonchev–Trinajstić information content (AvgIpc) is 3.19. The number of rotatable bonds is 5. The standard InChI is InChI=1S/C25H24ClN5O3/c1-34-20-4-2-3-17(15-20)23(31-22-16-18(26)5-6-21(22)28-25(31)33)24(32)30-13-11-29(12-14-30)19-7-9-27-10-8-19/h2-10,15-16,23H,11-14H2,1H3,(H,28,33). The van der Waals surface area contributed by atoms with Crippen molar-refractivity contribution in [3.05, 3.63) is 88.1 Å². The third-order valence-corrected chi connectivity index (χ3v) is 6.44. The van der Waals surface area contributed by atoms with Crippen molar-refractivity contribution in [3.63, 3.8) is 0 Å². The van der Waals surface area contributed by atoms with Crippen molar-refractivity contribution in [2.24, 2.45) is 0 Å². The van der Waals surface area contributed by atoms with Gasteiger partial charge in [0.25, 0.3) is 5.91 Å². The lowest BCUT2D eigenvalue weighted by molar-refractivity contribution is -0.133. The van der Waals surface area contributed by atoms with Crippen molar-refractivity contribution in [2.45, 2.75) is 6.04 Å². The van der Waals surface area contributed by atoms with Crippen LogP contribution >= 0.6 is 11.6 Å². The Morgan fingerprint density at radius 3 is 2.56 bits per heavy atom. The maximum absolute atomic E-state index is 14.0. The van der Waals surface area contributed by atoms with Crippen LogP contribution in [0.2, 0.25) is 5.02 Å². The molecular formula is C25H24ClN5O3. The summed E-state index contributed by atoms with van der Waals surface area (Å²) < 4.78 is 6.89. The second kappa shape index (κ2) is 9.23. The van der Waals surface area contributed by atoms with Gasteiger partial charge < -0.3 is 19.5 Å². The van der Waals surface area contributed by atoms with Crippen LogP contribution in [0.15, 0.2) is 71.8 Å². The van der Waals surface area contributed by atoms with Crippen molar-refractivity contribution >= 4 is 34.2 Å². The van der Waals surface area contributed by atoms with Crippen molar-refractivity contribution in [1.29, 1.82) is 0 Å². The highest BCUT2D eigenvalue weighted by molar-refractivity contribution is 6.31. The van der Waals surface area contributed by atoms with Crippen LogP contribution in [0.25, 0.3) is 11.0 Å². The summed E-state index contributed by atoms with van der Waals surface area (Å²) in [5.41, 5.74) is 2.58. The highest BCUT2D eigenvalue weighted by atomic mass is 35.5. The lowest BCUT2D eigenvalue weighted by Crippen LogP contribution is -2.51. The van der Waals surface area contributed by atoms with Gasteiger partial charge in [-0.2, -0.15) is 0 Å². The molecule has 0 bridgehead atoms. The maximum Gasteiger partial charge on any atom is 0.327 e. The molecule has 1 unspecified atom stereocenters. The first-order chi connectivity index (χ1) is 16.5. The second-order valence-corrected chi connectivity index (χ2v) is 8.59. The predicted octanol–water partition coefficient (Wildman–Crippen LogP) is 3.32. The Balaban J connectivity index is 1.52. The van der Waals surface area contributed by atoms with E-state index in [0.29, 0.717) is 53.5 Å². The number of amides is 1. The van der Waals surface area contributed by atoms with Gasteiger partial charge in [-0.05, 0) is 48.0 Å². The number of carbonyl (C=O) groups excluding carboxylic acids is 1. The number of nitrogens with one attached hydrogen (secondary N) is 1. The van der Waals surface area contributed by atoms with E-state index in [1.807, 2.05) is 35.2 Å². The van der Waals surface area contributed by atoms with E-state index in [-0.39, 0.29) is 11.6 Å². The zero-order valence-electron chi connectivity index (χ0n) is 18.6. The molecule has 0 radical (unpaired) electrons. The minimum absolute atomic E-state index is 0.148. The van der Waals surface area contributed by atoms with Crippen LogP contribution in [0.5, 0.6) is 5.75 Å². The van der Waals surface area contributed by atoms with E-state index < -0.39 is 6.04 Å². The zero-order valence-corrected chi connectivity index (χ0v) is 19.4. The molecule has 1 aliphatic rings. The quantitative estimate of drug-likeness (QED) is 0.476. The molecule has 174 valence electrons. The maximum atomic E-state index is 14.0. The van der Waals surface area contributed by atoms with Gasteiger partial charge in [-0.1, -0.05) is 23.7 Å². The smallest absolute Gasteiger partial charge is 0.327 e. The molecule has 3 heterocycles. The Labute approximate surface area is 201 Å². The number of hydrogen-bond donors (Lipinski definition) is 1. The number of piperazine rings is 1. The first-order valence-corrected chi connectivity index (χ1v) is 11.4. The van der Waals surface area contributed by atoms with Gasteiger partial charge in [0.05, 0.1) is 18.1 Å². The fourth-order valence-corrected chi connectivity index (χ4v) is 4.64. The minimum atomic E-state index is -0.859. The van der Waals surface area contributed by atoms with E-state index in [0.717, 1.165) is 5.69 Å². The van der Waals surface area contributed by atoms with Crippen LogP contribution in [0.1, 0.15) is 11.6 Å². The number of ether oxygens (including phenoxy) is 1. The topological polar surface area (TPSA) is 83.5 Å². The van der Waals surface area contributed by atoms with Gasteiger partial charge in [0.15, 0.2) is 0 Å². The first kappa shape index (κ1) is 22.0. The fraction of sp³-hybridized carbons (Fsp3) is 0.240. The summed E-state index contributed by atoms with van der Waals surface area (Å²) in [6, 6.07) is 15.5. The van der Waals surface area contributed by atoms with Crippen molar-refractivity contribution < 1.29 is 9.53 Å². The summed E-state index contributed by atoms with van der Waals surface area (Å²) in [5, 5.41) is 0.489. The molecule has 1 saturated heterocycles. The van der Waals surface area contributed by atoms with Crippen LogP contribution in [-0.2, 0) is 4.79 Å². The number of carbonyl (C=O) groups is 1. The number of fused-ring (bicyclic) bond motifs is 1. The number of imidazole rings is 1. The summed E-state index contributed by atoms with van der Waals surface area (Å²) in [4.78, 5) is 38.0. The molecule has 5 rings (SSSR count). The number of aromatic amines is 1. The molecular weight excluding hydrogens is 454 g/mol. The molecule has 1 amide bonds. The average molecular weight is 478 g/mol. The molecule has 1 N–H and O–H groups in total. The van der Waals surface area contributed by atoms with Crippen molar-refractivity contribution in [3.8, 4) is 5.75 Å². The molecule has 0 saturated carbocycles. The largest absolute Gasteiger partial charge is 0.497 e. The summed E-state index contributed by atoms with van der Waals surface area (Å²) in [7, 11) is 1.58. The fourth-order valence-electron chi connectivity index (χ4n) is 4.48. The van der Waals surface area contributed by atoms with E-state index in [1.165, 1.54) is 4.57 Å². The summed E-state index contributed by atoms with van der Waals surface area (Å²) >= 11 is 6.25. The van der Waals surface area contributed by atoms with E-state index in [1.54, 1.807) is 43.8 Å². The molecule has 1 atom stereocenters. The van der Waals surface area contributed by atoms with E-state index in [2.05, 4.69) is 14.9 Å². The molecule has 34 heavy (non-hydrogen) atoms. The van der Waals surface area contributed by atoms with Gasteiger partial charge in [-0.25, -0.2) is 4.79 Å². The monoisotopic (exact) mass is 477 g/mol. The van der Waals surface area contributed by atoms with Gasteiger partial charge >= 0.3 is 5.69 Å². The van der Waals surface area contributed by atoms with Crippen LogP contribution in [0, 0.1) is 0 Å². The van der Waals surface area contributed by atoms with Crippen LogP contribution in [0.4, 0.5) is 5.69 Å². The Hall–Kier alpha value is -3.78. The SMILES string of the molecule is COc1cccc(C(C(=O)N2CCN(c3ccncc3)CC2)n2c(=O)[nH]c3ccc(Cl)cc32)c1. The van der Waals surface area contributed by atoms with E-state index >= 15 is 0 Å². The van der Waals surface area contributed by atoms with Crippen molar-refractivity contribution in [1.82, 2.24) is 19.4 Å². The number of methoxy groups -OCH3 is 1. The molecule has 2 aromatic carbocycles. The number of pyridine rings is 1. The van der Waals surface area contributed by atoms with Gasteiger partial charge in [-0.3, -0.25) is 14.3 Å². The molecule has 0 aliphatic carbocycles. The normalized spacial score (nSPS) is 14.9. The molecule has 2 aromatic heterocycles. The summed E-state index contributed by atoms with van der Waals surface area (Å²) in [6.07, 6.45) is 3.53. The van der Waals surface area contributed by atoms with Gasteiger partial charge in [0.1, 0.15) is 11.8 Å². The predicted molar refractivity (Wildman–Crippen MR) is 132 cm³/mol. The lowest BCUT2D eigenvalue weighted by atomic mass is 10.0. The Bertz CT molecular complexity index is 1380. The highest BCUT2D eigenvalue weighted by Gasteiger charge is 2.32. The summed E-state index contributed by atoms with van der Waals surface area (Å²) in [5.74, 6) is 0.467. The number of aromatic nitrogens is 3. The molecule has 1 fully saturated rings. The number of benzene rings is 2. The van der Waals surface area contributed by atoms with Crippen molar-refractivity contribution in [2.75, 3.05) is 38.2 Å². The van der Waals surface area contributed by atoms with Crippen LogP contribution in [0.3, 0.4) is 0 Å². The number of H-pyrrole nitrogens is 1. The molecule has 1 aliphatic heterocycles. The number of halogens is 1. The molecule has 4 aromatic rings. The molecule has 0 spiro atoms. The molecule has 9 heteroatoms. The van der Waals surface area contributed by atoms with Gasteiger partial charge in [-0.15, -0.1) is 0 Å². The Morgan fingerprint density at radius 2 is 1.82 bits per heavy atom. The first-order valence-electron chi connectivity index (χ1n) is 11.0. The summed E-state index contributed by atoms with van der Waals surface area (Å²) in [6.45, 7) is 2.46. The lowest BCUT2D eigenvalue weighted by Gasteiger charge is -2.37.